The Morgan fingerprint density at radius 2 is 1.67 bits per heavy atom. The molecule has 1 atom stereocenters. The van der Waals surface area contributed by atoms with Gasteiger partial charge in [0.1, 0.15) is 6.04 Å². The number of hydrogen-bond donors (Lipinski definition) is 4. The van der Waals surface area contributed by atoms with Gasteiger partial charge in [-0.1, -0.05) is 30.3 Å². The minimum absolute atomic E-state index is 0. The summed E-state index contributed by atoms with van der Waals surface area (Å²) in [4.78, 5) is 10.4. The van der Waals surface area contributed by atoms with Crippen LogP contribution in [0.4, 0.5) is 0 Å². The molecule has 0 aliphatic rings. The van der Waals surface area contributed by atoms with Crippen molar-refractivity contribution in [2.24, 2.45) is 5.73 Å². The van der Waals surface area contributed by atoms with Crippen LogP contribution in [0.25, 0.3) is 0 Å². The van der Waals surface area contributed by atoms with E-state index in [1.807, 2.05) is 30.3 Å². The van der Waals surface area contributed by atoms with Crippen molar-refractivity contribution in [3.8, 4) is 0 Å². The minimum atomic E-state index is -4.67. The Morgan fingerprint density at radius 3 is 2.00 bits per heavy atom. The first-order valence-corrected chi connectivity index (χ1v) is 5.82. The summed E-state index contributed by atoms with van der Waals surface area (Å²) in [5, 5.41) is 8.52. The average Bonchev–Trinajstić information content (AvgIpc) is 2.16. The van der Waals surface area contributed by atoms with Gasteiger partial charge in [0.25, 0.3) is 0 Å². The molecule has 0 amide bonds. The molecule has 1 aromatic rings. The van der Waals surface area contributed by atoms with E-state index in [4.69, 9.17) is 28.4 Å². The molecule has 7 nitrogen and oxygen atoms in total. The van der Waals surface area contributed by atoms with Gasteiger partial charge in [-0.05, 0) is 12.0 Å². The molecular weight excluding hydrogens is 273 g/mol. The smallest absolute Gasteiger partial charge is 1.00 e. The topological polar surface area (TPSA) is 138 Å². The van der Waals surface area contributed by atoms with Gasteiger partial charge in [-0.25, -0.2) is 0 Å². The second-order valence-corrected chi connectivity index (χ2v) is 3.98. The predicted octanol–water partition coefficient (Wildman–Crippen LogP) is -2.90. The van der Waals surface area contributed by atoms with Crippen LogP contribution in [0.1, 0.15) is 6.99 Å². The number of rotatable bonds is 3. The largest absolute Gasteiger partial charge is 1.00 e. The van der Waals surface area contributed by atoms with E-state index < -0.39 is 22.4 Å². The van der Waals surface area contributed by atoms with Crippen LogP contribution in [0.5, 0.6) is 0 Å². The van der Waals surface area contributed by atoms with E-state index in [2.05, 4.69) is 0 Å². The van der Waals surface area contributed by atoms with E-state index in [1.54, 1.807) is 0 Å². The van der Waals surface area contributed by atoms with Gasteiger partial charge < -0.3 is 12.3 Å². The van der Waals surface area contributed by atoms with E-state index in [-0.39, 0.29) is 31.0 Å². The number of aliphatic carboxylic acids is 1. The first-order valence-electron chi connectivity index (χ1n) is 4.42. The molecule has 0 saturated heterocycles. The molecule has 0 bridgehead atoms. The van der Waals surface area contributed by atoms with Gasteiger partial charge in [-0.3, -0.25) is 13.9 Å². The molecule has 18 heavy (non-hydrogen) atoms. The molecule has 0 aliphatic heterocycles. The van der Waals surface area contributed by atoms with Crippen LogP contribution in [0.3, 0.4) is 0 Å². The van der Waals surface area contributed by atoms with E-state index >= 15 is 0 Å². The van der Waals surface area contributed by atoms with Crippen molar-refractivity contribution >= 4 is 16.4 Å². The second-order valence-electron chi connectivity index (χ2n) is 3.08. The summed E-state index contributed by atoms with van der Waals surface area (Å²) in [6.07, 6.45) is 0.385. The second kappa shape index (κ2) is 9.45. The van der Waals surface area contributed by atoms with Crippen LogP contribution >= 0.6 is 0 Å². The SMILES string of the molecule is N[C@@H](Cc1ccccc1)C(=O)O.O=S(=O)(O)O.[H-].[Na+]. The number of hydrogen-bond acceptors (Lipinski definition) is 4. The fraction of sp³-hybridized carbons (Fsp3) is 0.222. The summed E-state index contributed by atoms with van der Waals surface area (Å²) in [5.74, 6) is -0.959. The van der Waals surface area contributed by atoms with Gasteiger partial charge >= 0.3 is 45.9 Å². The molecule has 0 heterocycles. The Labute approximate surface area is 128 Å². The van der Waals surface area contributed by atoms with Crippen molar-refractivity contribution < 1.29 is 58.4 Å². The third kappa shape index (κ3) is 13.6. The summed E-state index contributed by atoms with van der Waals surface area (Å²) in [6.45, 7) is 0. The van der Waals surface area contributed by atoms with Gasteiger partial charge in [0.15, 0.2) is 0 Å². The number of carboxylic acid groups (broad SMARTS) is 1. The fourth-order valence-corrected chi connectivity index (χ4v) is 0.955. The molecule has 5 N–H and O–H groups in total. The zero-order valence-corrected chi connectivity index (χ0v) is 12.5. The molecule has 0 unspecified atom stereocenters. The number of carboxylic acids is 1. The maximum absolute atomic E-state index is 10.4. The molecule has 1 aromatic carbocycles. The zero-order valence-electron chi connectivity index (χ0n) is 10.7. The summed E-state index contributed by atoms with van der Waals surface area (Å²) >= 11 is 0. The Morgan fingerprint density at radius 1 is 1.28 bits per heavy atom. The molecule has 0 saturated carbocycles. The van der Waals surface area contributed by atoms with Crippen molar-refractivity contribution in [2.75, 3.05) is 0 Å². The van der Waals surface area contributed by atoms with Crippen LogP contribution < -0.4 is 35.3 Å². The van der Waals surface area contributed by atoms with Crippen LogP contribution in [-0.2, 0) is 21.6 Å². The summed E-state index contributed by atoms with van der Waals surface area (Å²) in [7, 11) is -4.67. The van der Waals surface area contributed by atoms with Crippen molar-refractivity contribution in [1.29, 1.82) is 0 Å². The van der Waals surface area contributed by atoms with E-state index in [0.29, 0.717) is 6.42 Å². The van der Waals surface area contributed by atoms with Gasteiger partial charge in [-0.2, -0.15) is 8.42 Å². The number of nitrogens with two attached hydrogens (primary N) is 1. The Bertz CT molecular complexity index is 447. The van der Waals surface area contributed by atoms with Gasteiger partial charge in [0, 0.05) is 0 Å². The van der Waals surface area contributed by atoms with Gasteiger partial charge in [-0.15, -0.1) is 0 Å². The Kier molecular flexibility index (Phi) is 10.4. The molecular formula is C9H14NNaO6S. The van der Waals surface area contributed by atoms with E-state index in [0.717, 1.165) is 5.56 Å². The molecule has 1 rings (SSSR count). The molecule has 0 aliphatic carbocycles. The molecule has 9 heteroatoms. The van der Waals surface area contributed by atoms with Crippen molar-refractivity contribution in [1.82, 2.24) is 0 Å². The fourth-order valence-electron chi connectivity index (χ4n) is 0.955. The van der Waals surface area contributed by atoms with Gasteiger partial charge in [0.05, 0.1) is 0 Å². The number of benzene rings is 1. The standard InChI is InChI=1S/C9H11NO2.Na.H2O4S.H/c10-8(9(11)12)6-7-4-2-1-3-5-7;;1-5(2,3)4;/h1-5,8H,6,10H2,(H,11,12);;(H2,1,2,3,4);/q;+1;;-1/t8-;;;/m0.../s1. The van der Waals surface area contributed by atoms with Gasteiger partial charge in [0.2, 0.25) is 0 Å². The van der Waals surface area contributed by atoms with Crippen LogP contribution in [0.15, 0.2) is 30.3 Å². The normalized spacial score (nSPS) is 11.5. The molecule has 0 spiro atoms. The quantitative estimate of drug-likeness (QED) is 0.345. The maximum atomic E-state index is 10.4. The average molecular weight is 287 g/mol. The first-order chi connectivity index (χ1) is 7.70. The Hall–Kier alpha value is -0.480. The van der Waals surface area contributed by atoms with E-state index in [9.17, 15) is 4.79 Å². The van der Waals surface area contributed by atoms with Crippen molar-refractivity contribution in [3.05, 3.63) is 35.9 Å². The van der Waals surface area contributed by atoms with Crippen LogP contribution in [-0.4, -0.2) is 34.6 Å². The molecule has 0 aromatic heterocycles. The minimum Gasteiger partial charge on any atom is -1.00 e. The van der Waals surface area contributed by atoms with Crippen molar-refractivity contribution in [2.45, 2.75) is 12.5 Å². The molecule has 98 valence electrons. The summed E-state index contributed by atoms with van der Waals surface area (Å²) < 4.78 is 31.6. The van der Waals surface area contributed by atoms with Crippen molar-refractivity contribution in [3.63, 3.8) is 0 Å². The van der Waals surface area contributed by atoms with E-state index in [1.165, 1.54) is 0 Å². The Balaban J connectivity index is -0.000000320. The summed E-state index contributed by atoms with van der Waals surface area (Å²) in [6, 6.07) is 8.54. The monoisotopic (exact) mass is 287 g/mol. The number of carbonyl (C=O) groups is 1. The van der Waals surface area contributed by atoms with Crippen LogP contribution in [0.2, 0.25) is 0 Å². The third-order valence-corrected chi connectivity index (χ3v) is 1.62. The van der Waals surface area contributed by atoms with Crippen LogP contribution in [0, 0.1) is 0 Å². The summed E-state index contributed by atoms with van der Waals surface area (Å²) in [5.41, 5.74) is 6.30. The maximum Gasteiger partial charge on any atom is 1.00 e. The third-order valence-electron chi connectivity index (χ3n) is 1.62. The molecule has 0 radical (unpaired) electrons. The zero-order chi connectivity index (χ0) is 13.5. The molecule has 0 fully saturated rings. The first kappa shape index (κ1) is 19.9. The predicted molar refractivity (Wildman–Crippen MR) is 61.0 cm³/mol.